The van der Waals surface area contributed by atoms with E-state index >= 15 is 0 Å². The van der Waals surface area contributed by atoms with Gasteiger partial charge >= 0.3 is 0 Å². The molecule has 4 aliphatic rings. The van der Waals surface area contributed by atoms with Gasteiger partial charge in [0.25, 0.3) is 0 Å². The highest BCUT2D eigenvalue weighted by Crippen LogP contribution is 2.70. The fourth-order valence-corrected chi connectivity index (χ4v) is 9.71. The lowest BCUT2D eigenvalue weighted by Gasteiger charge is -2.65. The van der Waals surface area contributed by atoms with Crippen LogP contribution in [-0.2, 0) is 0 Å². The third-order valence-electron chi connectivity index (χ3n) is 11.4. The van der Waals surface area contributed by atoms with Crippen molar-refractivity contribution in [1.82, 2.24) is 0 Å². The smallest absolute Gasteiger partial charge is 0.151 e. The van der Waals surface area contributed by atoms with E-state index in [4.69, 9.17) is 0 Å². The minimum absolute atomic E-state index is 0.235. The summed E-state index contributed by atoms with van der Waals surface area (Å²) in [4.78, 5) is 0. The van der Waals surface area contributed by atoms with Crippen LogP contribution in [0.1, 0.15) is 98.8 Å². The van der Waals surface area contributed by atoms with Crippen molar-refractivity contribution in [2.75, 3.05) is 0 Å². The molecule has 0 amide bonds. The summed E-state index contributed by atoms with van der Waals surface area (Å²) in [5.41, 5.74) is -0.0963. The molecule has 0 bridgehead atoms. The normalized spacial score (nSPS) is 53.0. The number of hydrogen-bond donors (Lipinski definition) is 4. The predicted molar refractivity (Wildman–Crippen MR) is 123 cm³/mol. The van der Waals surface area contributed by atoms with Gasteiger partial charge in [0.15, 0.2) is 6.29 Å². The minimum atomic E-state index is -1.20. The van der Waals surface area contributed by atoms with E-state index in [9.17, 15) is 20.4 Å². The molecule has 0 aromatic carbocycles. The summed E-state index contributed by atoms with van der Waals surface area (Å²) in [5, 5.41) is 41.4. The molecular weight excluding hydrogens is 388 g/mol. The van der Waals surface area contributed by atoms with Gasteiger partial charge in [0.2, 0.25) is 0 Å². The van der Waals surface area contributed by atoms with E-state index in [0.717, 1.165) is 32.1 Å². The molecule has 0 aromatic heterocycles. The average molecular weight is 437 g/mol. The highest BCUT2D eigenvalue weighted by atomic mass is 16.5. The minimum Gasteiger partial charge on any atom is -0.393 e. The van der Waals surface area contributed by atoms with Crippen molar-refractivity contribution in [3.8, 4) is 0 Å². The van der Waals surface area contributed by atoms with Gasteiger partial charge in [-0.05, 0) is 117 Å². The Morgan fingerprint density at radius 2 is 1.55 bits per heavy atom. The van der Waals surface area contributed by atoms with Crippen molar-refractivity contribution < 1.29 is 20.4 Å². The van der Waals surface area contributed by atoms with Gasteiger partial charge in [-0.25, -0.2) is 0 Å². The molecule has 4 N–H and O–H groups in total. The summed E-state index contributed by atoms with van der Waals surface area (Å²) in [6.45, 7) is 11.5. The van der Waals surface area contributed by atoms with E-state index in [-0.39, 0.29) is 16.9 Å². The second-order valence-corrected chi connectivity index (χ2v) is 12.9. The van der Waals surface area contributed by atoms with Crippen LogP contribution in [0.2, 0.25) is 0 Å². The van der Waals surface area contributed by atoms with Gasteiger partial charge in [0.05, 0.1) is 11.7 Å². The Labute approximate surface area is 189 Å². The van der Waals surface area contributed by atoms with Crippen molar-refractivity contribution in [3.05, 3.63) is 0 Å². The zero-order valence-corrected chi connectivity index (χ0v) is 20.6. The first-order valence-corrected chi connectivity index (χ1v) is 13.2. The van der Waals surface area contributed by atoms with Crippen molar-refractivity contribution in [1.29, 1.82) is 0 Å². The lowest BCUT2D eigenvalue weighted by Crippen LogP contribution is -2.63. The van der Waals surface area contributed by atoms with Gasteiger partial charge in [-0.1, -0.05) is 34.1 Å². The lowest BCUT2D eigenvalue weighted by molar-refractivity contribution is -0.214. The Morgan fingerprint density at radius 3 is 2.19 bits per heavy atom. The molecule has 11 atom stereocenters. The van der Waals surface area contributed by atoms with Crippen LogP contribution in [0.4, 0.5) is 0 Å². The summed E-state index contributed by atoms with van der Waals surface area (Å²) >= 11 is 0. The van der Waals surface area contributed by atoms with E-state index in [1.165, 1.54) is 25.7 Å². The fourth-order valence-electron chi connectivity index (χ4n) is 9.71. The van der Waals surface area contributed by atoms with Crippen LogP contribution in [0.15, 0.2) is 0 Å². The van der Waals surface area contributed by atoms with E-state index in [1.54, 1.807) is 0 Å². The molecule has 0 radical (unpaired) electrons. The Hall–Kier alpha value is -0.160. The van der Waals surface area contributed by atoms with E-state index in [1.807, 2.05) is 6.92 Å². The van der Waals surface area contributed by atoms with Crippen molar-refractivity contribution >= 4 is 0 Å². The monoisotopic (exact) mass is 436 g/mol. The molecule has 0 saturated heterocycles. The molecule has 4 heteroatoms. The first kappa shape index (κ1) is 24.0. The summed E-state index contributed by atoms with van der Waals surface area (Å²) in [7, 11) is 0. The molecule has 4 aliphatic carbocycles. The maximum atomic E-state index is 11.8. The first-order valence-electron chi connectivity index (χ1n) is 13.2. The summed E-state index contributed by atoms with van der Waals surface area (Å²) in [5.74, 6) is 3.34. The molecule has 0 spiro atoms. The Kier molecular flexibility index (Phi) is 6.38. The number of fused-ring (bicyclic) bond motifs is 5. The molecule has 0 unspecified atom stereocenters. The molecule has 0 heterocycles. The zero-order valence-electron chi connectivity index (χ0n) is 20.6. The first-order chi connectivity index (χ1) is 14.4. The Balaban J connectivity index is 1.62. The van der Waals surface area contributed by atoms with E-state index < -0.39 is 11.9 Å². The summed E-state index contributed by atoms with van der Waals surface area (Å²) < 4.78 is 0. The molecule has 4 rings (SSSR count). The SMILES string of the molecule is CC[C@H]1[C@@H](O)[C@@H]2[C@H](CC[C@]3(C)[C@@H]([C@H](C)CCC(O)O)CC[C@@H]23)[C@@]2(C)CC[C@](C)(O)C[C@@H]12. The standard InChI is InChI=1S/C27H48O4/c1-6-17-21-15-25(3,31)13-14-27(21,5)20-11-12-26(4)18(16(2)7-10-22(28)29)8-9-19(26)23(20)24(17)30/h16-24,28-31H,6-15H2,1-5H3/t16-,17-,18-,19+,20+,21+,23+,24-,25+,26-,27-/m1/s1. The van der Waals surface area contributed by atoms with Gasteiger partial charge in [0, 0.05) is 0 Å². The van der Waals surface area contributed by atoms with Crippen LogP contribution in [-0.4, -0.2) is 38.4 Å². The van der Waals surface area contributed by atoms with Gasteiger partial charge in [-0.15, -0.1) is 0 Å². The molecule has 4 nitrogen and oxygen atoms in total. The van der Waals surface area contributed by atoms with Gasteiger partial charge in [-0.3, -0.25) is 0 Å². The van der Waals surface area contributed by atoms with Crippen LogP contribution in [0.3, 0.4) is 0 Å². The number of rotatable bonds is 5. The topological polar surface area (TPSA) is 80.9 Å². The molecule has 180 valence electrons. The number of aliphatic hydroxyl groups is 4. The largest absolute Gasteiger partial charge is 0.393 e. The molecule has 31 heavy (non-hydrogen) atoms. The van der Waals surface area contributed by atoms with Crippen molar-refractivity contribution in [3.63, 3.8) is 0 Å². The molecule has 0 aliphatic heterocycles. The number of aliphatic hydroxyl groups excluding tert-OH is 2. The molecule has 4 saturated carbocycles. The highest BCUT2D eigenvalue weighted by molar-refractivity contribution is 5.14. The van der Waals surface area contributed by atoms with Crippen LogP contribution in [0.25, 0.3) is 0 Å². The molecule has 4 fully saturated rings. The highest BCUT2D eigenvalue weighted by Gasteiger charge is 2.65. The third-order valence-corrected chi connectivity index (χ3v) is 11.4. The molecule has 0 aromatic rings. The van der Waals surface area contributed by atoms with Crippen molar-refractivity contribution in [2.24, 2.45) is 52.3 Å². The second kappa shape index (κ2) is 8.25. The van der Waals surface area contributed by atoms with E-state index in [2.05, 4.69) is 27.7 Å². The van der Waals surface area contributed by atoms with Crippen LogP contribution in [0, 0.1) is 52.3 Å². The Bertz CT molecular complexity index is 647. The quantitative estimate of drug-likeness (QED) is 0.470. The van der Waals surface area contributed by atoms with Gasteiger partial charge < -0.3 is 20.4 Å². The summed E-state index contributed by atoms with van der Waals surface area (Å²) in [6.07, 6.45) is 8.56. The second-order valence-electron chi connectivity index (χ2n) is 12.9. The zero-order chi connectivity index (χ0) is 22.8. The predicted octanol–water partition coefficient (Wildman–Crippen LogP) is 4.73. The van der Waals surface area contributed by atoms with Crippen LogP contribution in [0.5, 0.6) is 0 Å². The number of hydrogen-bond acceptors (Lipinski definition) is 4. The summed E-state index contributed by atoms with van der Waals surface area (Å²) in [6, 6.07) is 0. The molecular formula is C27H48O4. The third kappa shape index (κ3) is 3.82. The average Bonchev–Trinajstić information content (AvgIpc) is 3.05. The Morgan fingerprint density at radius 1 is 0.871 bits per heavy atom. The van der Waals surface area contributed by atoms with Gasteiger partial charge in [0.1, 0.15) is 0 Å². The van der Waals surface area contributed by atoms with Crippen LogP contribution >= 0.6 is 0 Å². The lowest BCUT2D eigenvalue weighted by atomic mass is 9.40. The maximum Gasteiger partial charge on any atom is 0.151 e. The fraction of sp³-hybridized carbons (Fsp3) is 1.00. The van der Waals surface area contributed by atoms with Crippen molar-refractivity contribution in [2.45, 2.75) is 117 Å². The maximum absolute atomic E-state index is 11.8. The van der Waals surface area contributed by atoms with E-state index in [0.29, 0.717) is 47.8 Å². The van der Waals surface area contributed by atoms with Gasteiger partial charge in [-0.2, -0.15) is 0 Å². The van der Waals surface area contributed by atoms with Crippen LogP contribution < -0.4 is 0 Å².